The first-order valence-electron chi connectivity index (χ1n) is 6.77. The molecule has 0 radical (unpaired) electrons. The van der Waals surface area contributed by atoms with E-state index in [0.29, 0.717) is 12.2 Å². The molecule has 0 aliphatic heterocycles. The summed E-state index contributed by atoms with van der Waals surface area (Å²) >= 11 is 1.54. The van der Waals surface area contributed by atoms with Crippen molar-refractivity contribution < 1.29 is 9.59 Å². The highest BCUT2D eigenvalue weighted by atomic mass is 32.1. The lowest BCUT2D eigenvalue weighted by molar-refractivity contribution is -0.116. The number of thiazole rings is 1. The summed E-state index contributed by atoms with van der Waals surface area (Å²) in [4.78, 5) is 27.0. The number of hydrogen-bond donors (Lipinski definition) is 2. The minimum atomic E-state index is -0.185. The molecule has 2 aromatic rings. The minimum Gasteiger partial charge on any atom is -0.348 e. The lowest BCUT2D eigenvalue weighted by Gasteiger charge is -2.06. The van der Waals surface area contributed by atoms with Crippen LogP contribution in [0.15, 0.2) is 35.7 Å². The van der Waals surface area contributed by atoms with E-state index in [-0.39, 0.29) is 11.8 Å². The van der Waals surface area contributed by atoms with Crippen LogP contribution in [-0.4, -0.2) is 16.8 Å². The highest BCUT2D eigenvalue weighted by molar-refractivity contribution is 7.09. The van der Waals surface area contributed by atoms with Gasteiger partial charge in [0.1, 0.15) is 0 Å². The van der Waals surface area contributed by atoms with Crippen LogP contribution in [0.3, 0.4) is 0 Å². The number of nitrogens with one attached hydrogen (secondary N) is 2. The van der Waals surface area contributed by atoms with Crippen molar-refractivity contribution in [2.45, 2.75) is 20.4 Å². The van der Waals surface area contributed by atoms with Crippen LogP contribution in [0.5, 0.6) is 0 Å². The number of carbonyl (C=O) groups excluding carboxylic acids is 2. The van der Waals surface area contributed by atoms with Gasteiger partial charge in [0.25, 0.3) is 0 Å². The molecule has 0 spiro atoms. The lowest BCUT2D eigenvalue weighted by Crippen LogP contribution is -2.20. The summed E-state index contributed by atoms with van der Waals surface area (Å²) in [5.41, 5.74) is 2.41. The van der Waals surface area contributed by atoms with Crippen LogP contribution >= 0.6 is 11.3 Å². The highest BCUT2D eigenvalue weighted by Gasteiger charge is 2.00. The molecule has 22 heavy (non-hydrogen) atoms. The highest BCUT2D eigenvalue weighted by Crippen LogP contribution is 2.11. The van der Waals surface area contributed by atoms with Gasteiger partial charge in [0.15, 0.2) is 0 Å². The predicted molar refractivity (Wildman–Crippen MR) is 88.5 cm³/mol. The molecule has 6 heteroatoms. The Morgan fingerprint density at radius 2 is 2.18 bits per heavy atom. The molecule has 2 amide bonds. The van der Waals surface area contributed by atoms with Crippen LogP contribution in [0.4, 0.5) is 5.69 Å². The molecule has 0 saturated carbocycles. The van der Waals surface area contributed by atoms with Crippen molar-refractivity contribution in [3.05, 3.63) is 52.0 Å². The topological polar surface area (TPSA) is 71.1 Å². The van der Waals surface area contributed by atoms with E-state index in [4.69, 9.17) is 0 Å². The zero-order chi connectivity index (χ0) is 15.9. The summed E-state index contributed by atoms with van der Waals surface area (Å²) in [7, 11) is 0. The zero-order valence-corrected chi connectivity index (χ0v) is 13.2. The Kier molecular flexibility index (Phi) is 5.43. The normalized spacial score (nSPS) is 10.6. The van der Waals surface area contributed by atoms with Crippen molar-refractivity contribution in [1.29, 1.82) is 0 Å². The van der Waals surface area contributed by atoms with Gasteiger partial charge in [-0.25, -0.2) is 4.98 Å². The number of aromatic nitrogens is 1. The first-order chi connectivity index (χ1) is 10.5. The summed E-state index contributed by atoms with van der Waals surface area (Å²) in [6, 6.07) is 7.35. The molecule has 5 nitrogen and oxygen atoms in total. The molecule has 2 rings (SSSR count). The molecule has 1 aromatic carbocycles. The molecule has 114 valence electrons. The molecular formula is C16H17N3O2S. The Morgan fingerprint density at radius 3 is 2.86 bits per heavy atom. The Labute approximate surface area is 133 Å². The number of hydrogen-bond acceptors (Lipinski definition) is 4. The van der Waals surface area contributed by atoms with E-state index < -0.39 is 0 Å². The summed E-state index contributed by atoms with van der Waals surface area (Å²) in [5, 5.41) is 8.37. The molecule has 0 bridgehead atoms. The molecule has 1 heterocycles. The van der Waals surface area contributed by atoms with Crippen molar-refractivity contribution in [3.63, 3.8) is 0 Å². The Balaban J connectivity index is 1.88. The average molecular weight is 315 g/mol. The number of benzene rings is 1. The minimum absolute atomic E-state index is 0.123. The van der Waals surface area contributed by atoms with Crippen LogP contribution in [0.1, 0.15) is 23.2 Å². The van der Waals surface area contributed by atoms with Crippen molar-refractivity contribution in [3.8, 4) is 0 Å². The van der Waals surface area contributed by atoms with Gasteiger partial charge in [-0.2, -0.15) is 0 Å². The average Bonchev–Trinajstić information content (AvgIpc) is 2.88. The van der Waals surface area contributed by atoms with E-state index in [1.54, 1.807) is 23.5 Å². The second kappa shape index (κ2) is 7.51. The van der Waals surface area contributed by atoms with Gasteiger partial charge in [-0.1, -0.05) is 12.1 Å². The van der Waals surface area contributed by atoms with E-state index >= 15 is 0 Å². The lowest BCUT2D eigenvalue weighted by atomic mass is 10.2. The number of rotatable bonds is 5. The van der Waals surface area contributed by atoms with Gasteiger partial charge in [0, 0.05) is 30.6 Å². The van der Waals surface area contributed by atoms with E-state index in [0.717, 1.165) is 16.3 Å². The maximum absolute atomic E-state index is 11.8. The van der Waals surface area contributed by atoms with Crippen LogP contribution in [0, 0.1) is 6.92 Å². The monoisotopic (exact) mass is 315 g/mol. The SMILES string of the molecule is CC(=O)Nc1cccc(CNC(=O)C=Cc2csc(C)n2)c1. The van der Waals surface area contributed by atoms with Gasteiger partial charge < -0.3 is 10.6 Å². The molecule has 0 atom stereocenters. The molecular weight excluding hydrogens is 298 g/mol. The molecule has 0 aliphatic rings. The van der Waals surface area contributed by atoms with Crippen LogP contribution in [-0.2, 0) is 16.1 Å². The Hall–Kier alpha value is -2.47. The number of aryl methyl sites for hydroxylation is 1. The molecule has 0 saturated heterocycles. The number of amides is 2. The van der Waals surface area contributed by atoms with Gasteiger partial charge in [-0.05, 0) is 30.7 Å². The fourth-order valence-corrected chi connectivity index (χ4v) is 2.41. The third-order valence-corrected chi connectivity index (χ3v) is 3.55. The van der Waals surface area contributed by atoms with Gasteiger partial charge in [-0.15, -0.1) is 11.3 Å². The first-order valence-corrected chi connectivity index (χ1v) is 7.65. The van der Waals surface area contributed by atoms with Crippen LogP contribution in [0.25, 0.3) is 6.08 Å². The summed E-state index contributed by atoms with van der Waals surface area (Å²) in [6.45, 7) is 3.77. The van der Waals surface area contributed by atoms with Gasteiger partial charge in [0.05, 0.1) is 10.7 Å². The number of carbonyl (C=O) groups is 2. The summed E-state index contributed by atoms with van der Waals surface area (Å²) < 4.78 is 0. The molecule has 0 unspecified atom stereocenters. The smallest absolute Gasteiger partial charge is 0.244 e. The van der Waals surface area contributed by atoms with Gasteiger partial charge >= 0.3 is 0 Å². The van der Waals surface area contributed by atoms with Crippen LogP contribution in [0.2, 0.25) is 0 Å². The summed E-state index contributed by atoms with van der Waals surface area (Å²) in [5.74, 6) is -0.307. The third kappa shape index (κ3) is 5.14. The predicted octanol–water partition coefficient (Wildman–Crippen LogP) is 2.74. The molecule has 0 fully saturated rings. The molecule has 1 aromatic heterocycles. The van der Waals surface area contributed by atoms with Crippen molar-refractivity contribution in [2.24, 2.45) is 0 Å². The molecule has 2 N–H and O–H groups in total. The van der Waals surface area contributed by atoms with Crippen molar-refractivity contribution >= 4 is 34.9 Å². The third-order valence-electron chi connectivity index (χ3n) is 2.76. The quantitative estimate of drug-likeness (QED) is 0.833. The fourth-order valence-electron chi connectivity index (χ4n) is 1.83. The van der Waals surface area contributed by atoms with E-state index in [1.165, 1.54) is 13.0 Å². The van der Waals surface area contributed by atoms with Crippen molar-refractivity contribution in [1.82, 2.24) is 10.3 Å². The van der Waals surface area contributed by atoms with Crippen molar-refractivity contribution in [2.75, 3.05) is 5.32 Å². The van der Waals surface area contributed by atoms with E-state index in [1.807, 2.05) is 30.5 Å². The fraction of sp³-hybridized carbons (Fsp3) is 0.188. The first kappa shape index (κ1) is 15.9. The molecule has 0 aliphatic carbocycles. The van der Waals surface area contributed by atoms with Crippen LogP contribution < -0.4 is 10.6 Å². The standard InChI is InChI=1S/C16H17N3O2S/c1-11(20)18-14-5-3-4-13(8-14)9-17-16(21)7-6-15-10-22-12(2)19-15/h3-8,10H,9H2,1-2H3,(H,17,21)(H,18,20). The maximum atomic E-state index is 11.8. The van der Waals surface area contributed by atoms with Gasteiger partial charge in [-0.3, -0.25) is 9.59 Å². The van der Waals surface area contributed by atoms with E-state index in [2.05, 4.69) is 15.6 Å². The van der Waals surface area contributed by atoms with Gasteiger partial charge in [0.2, 0.25) is 11.8 Å². The summed E-state index contributed by atoms with van der Waals surface area (Å²) in [6.07, 6.45) is 3.15. The Bertz CT molecular complexity index is 707. The second-order valence-electron chi connectivity index (χ2n) is 4.72. The zero-order valence-electron chi connectivity index (χ0n) is 12.4. The largest absolute Gasteiger partial charge is 0.348 e. The Morgan fingerprint density at radius 1 is 1.36 bits per heavy atom. The number of nitrogens with zero attached hydrogens (tertiary/aromatic N) is 1. The maximum Gasteiger partial charge on any atom is 0.244 e. The number of anilines is 1. The van der Waals surface area contributed by atoms with E-state index in [9.17, 15) is 9.59 Å². The second-order valence-corrected chi connectivity index (χ2v) is 5.79.